The highest BCUT2D eigenvalue weighted by molar-refractivity contribution is 9.10. The molecular formula is C16H22BrFN2. The molecule has 0 aromatic heterocycles. The van der Waals surface area contributed by atoms with Gasteiger partial charge in [0.1, 0.15) is 5.82 Å². The third-order valence-corrected chi connectivity index (χ3v) is 5.44. The Kier molecular flexibility index (Phi) is 4.43. The summed E-state index contributed by atoms with van der Waals surface area (Å²) in [6, 6.07) is 6.49. The van der Waals surface area contributed by atoms with E-state index in [1.165, 1.54) is 38.8 Å². The van der Waals surface area contributed by atoms with Gasteiger partial charge in [0.25, 0.3) is 0 Å². The Labute approximate surface area is 128 Å². The van der Waals surface area contributed by atoms with Crippen LogP contribution in [0.25, 0.3) is 0 Å². The van der Waals surface area contributed by atoms with E-state index >= 15 is 0 Å². The van der Waals surface area contributed by atoms with E-state index in [1.54, 1.807) is 12.1 Å². The zero-order chi connectivity index (χ0) is 14.1. The molecule has 2 saturated heterocycles. The number of rotatable bonds is 3. The van der Waals surface area contributed by atoms with Crippen molar-refractivity contribution in [3.05, 3.63) is 34.1 Å². The van der Waals surface area contributed by atoms with Crippen LogP contribution in [0.15, 0.2) is 22.7 Å². The van der Waals surface area contributed by atoms with E-state index in [0.717, 1.165) is 10.0 Å². The number of halogens is 2. The number of nitrogens with zero attached hydrogens (tertiary/aromatic N) is 1. The predicted molar refractivity (Wildman–Crippen MR) is 83.3 cm³/mol. The van der Waals surface area contributed by atoms with Crippen molar-refractivity contribution in [2.24, 2.45) is 0 Å². The summed E-state index contributed by atoms with van der Waals surface area (Å²) in [6.07, 6.45) is 5.25. The Morgan fingerprint density at radius 3 is 2.95 bits per heavy atom. The molecule has 2 nitrogen and oxygen atoms in total. The lowest BCUT2D eigenvalue weighted by Crippen LogP contribution is -2.45. The minimum absolute atomic E-state index is 0.188. The molecule has 0 bridgehead atoms. The molecular weight excluding hydrogens is 319 g/mol. The van der Waals surface area contributed by atoms with Gasteiger partial charge in [-0.25, -0.2) is 4.39 Å². The second-order valence-corrected chi connectivity index (χ2v) is 6.90. The standard InChI is InChI=1S/C16H22BrFN2/c1-11(13-6-5-12(18)10-14(13)17)19-15-7-9-20-8-3-2-4-16(15)20/h5-6,10-11,15-16,19H,2-4,7-9H2,1H3. The first-order chi connectivity index (χ1) is 9.65. The number of hydrogen-bond donors (Lipinski definition) is 1. The van der Waals surface area contributed by atoms with Gasteiger partial charge in [-0.15, -0.1) is 0 Å². The SMILES string of the molecule is CC(NC1CCN2CCCCC12)c1ccc(F)cc1Br. The van der Waals surface area contributed by atoms with E-state index in [1.807, 2.05) is 6.07 Å². The van der Waals surface area contributed by atoms with Crippen LogP contribution >= 0.6 is 15.9 Å². The molecule has 3 unspecified atom stereocenters. The monoisotopic (exact) mass is 340 g/mol. The highest BCUT2D eigenvalue weighted by atomic mass is 79.9. The van der Waals surface area contributed by atoms with Gasteiger partial charge < -0.3 is 5.32 Å². The van der Waals surface area contributed by atoms with Crippen molar-refractivity contribution in [1.82, 2.24) is 10.2 Å². The number of benzene rings is 1. The molecule has 0 aliphatic carbocycles. The molecule has 0 amide bonds. The maximum atomic E-state index is 13.2. The van der Waals surface area contributed by atoms with E-state index in [0.29, 0.717) is 12.1 Å². The first kappa shape index (κ1) is 14.5. The van der Waals surface area contributed by atoms with Crippen molar-refractivity contribution in [2.75, 3.05) is 13.1 Å². The molecule has 3 rings (SSSR count). The highest BCUT2D eigenvalue weighted by Gasteiger charge is 2.35. The Balaban J connectivity index is 1.68. The largest absolute Gasteiger partial charge is 0.306 e. The number of hydrogen-bond acceptors (Lipinski definition) is 2. The second-order valence-electron chi connectivity index (χ2n) is 6.05. The lowest BCUT2D eigenvalue weighted by atomic mass is 9.97. The number of fused-ring (bicyclic) bond motifs is 1. The fourth-order valence-electron chi connectivity index (χ4n) is 3.71. The minimum atomic E-state index is -0.188. The molecule has 4 heteroatoms. The maximum Gasteiger partial charge on any atom is 0.124 e. The summed E-state index contributed by atoms with van der Waals surface area (Å²) >= 11 is 3.48. The van der Waals surface area contributed by atoms with Crippen molar-refractivity contribution in [3.63, 3.8) is 0 Å². The average Bonchev–Trinajstić information content (AvgIpc) is 2.82. The molecule has 20 heavy (non-hydrogen) atoms. The third-order valence-electron chi connectivity index (χ3n) is 4.75. The topological polar surface area (TPSA) is 15.3 Å². The highest BCUT2D eigenvalue weighted by Crippen LogP contribution is 2.30. The zero-order valence-electron chi connectivity index (χ0n) is 11.9. The molecule has 1 N–H and O–H groups in total. The van der Waals surface area contributed by atoms with E-state index in [-0.39, 0.29) is 11.9 Å². The van der Waals surface area contributed by atoms with Crippen LogP contribution in [0.3, 0.4) is 0 Å². The molecule has 2 aliphatic rings. The van der Waals surface area contributed by atoms with Crippen LogP contribution in [-0.4, -0.2) is 30.1 Å². The summed E-state index contributed by atoms with van der Waals surface area (Å²) in [7, 11) is 0. The summed E-state index contributed by atoms with van der Waals surface area (Å²) in [5.41, 5.74) is 1.14. The van der Waals surface area contributed by atoms with E-state index < -0.39 is 0 Å². The van der Waals surface area contributed by atoms with E-state index in [9.17, 15) is 4.39 Å². The smallest absolute Gasteiger partial charge is 0.124 e. The van der Waals surface area contributed by atoms with Crippen LogP contribution in [0.4, 0.5) is 4.39 Å². The molecule has 2 aliphatic heterocycles. The van der Waals surface area contributed by atoms with Crippen LogP contribution in [0.1, 0.15) is 44.2 Å². The maximum absolute atomic E-state index is 13.2. The molecule has 1 aromatic carbocycles. The summed E-state index contributed by atoms with van der Waals surface area (Å²) in [5, 5.41) is 3.76. The molecule has 0 radical (unpaired) electrons. The van der Waals surface area contributed by atoms with Crippen molar-refractivity contribution < 1.29 is 4.39 Å². The van der Waals surface area contributed by atoms with Gasteiger partial charge in [-0.1, -0.05) is 28.4 Å². The summed E-state index contributed by atoms with van der Waals surface area (Å²) in [6.45, 7) is 4.65. The molecule has 0 saturated carbocycles. The second kappa shape index (κ2) is 6.12. The van der Waals surface area contributed by atoms with Crippen LogP contribution < -0.4 is 5.32 Å². The van der Waals surface area contributed by atoms with E-state index in [4.69, 9.17) is 0 Å². The Morgan fingerprint density at radius 2 is 2.15 bits per heavy atom. The summed E-state index contributed by atoms with van der Waals surface area (Å²) in [5.74, 6) is -0.188. The van der Waals surface area contributed by atoms with Gasteiger partial charge in [0.05, 0.1) is 0 Å². The molecule has 2 fully saturated rings. The summed E-state index contributed by atoms with van der Waals surface area (Å²) < 4.78 is 14.0. The Bertz CT molecular complexity index is 480. The molecule has 1 aromatic rings. The van der Waals surface area contributed by atoms with Crippen LogP contribution in [0, 0.1) is 5.82 Å². The molecule has 2 heterocycles. The quantitative estimate of drug-likeness (QED) is 0.898. The predicted octanol–water partition coefficient (Wildman–Crippen LogP) is 3.87. The average molecular weight is 341 g/mol. The third kappa shape index (κ3) is 2.92. The van der Waals surface area contributed by atoms with Gasteiger partial charge in [0.2, 0.25) is 0 Å². The van der Waals surface area contributed by atoms with Gasteiger partial charge in [-0.2, -0.15) is 0 Å². The first-order valence-corrected chi connectivity index (χ1v) is 8.39. The zero-order valence-corrected chi connectivity index (χ0v) is 13.5. The van der Waals surface area contributed by atoms with Crippen molar-refractivity contribution in [2.45, 2.75) is 50.7 Å². The Hall–Kier alpha value is -0.450. The van der Waals surface area contributed by atoms with Gasteiger partial charge in [0, 0.05) is 29.1 Å². The van der Waals surface area contributed by atoms with E-state index in [2.05, 4.69) is 33.1 Å². The van der Waals surface area contributed by atoms with Crippen molar-refractivity contribution in [1.29, 1.82) is 0 Å². The molecule has 110 valence electrons. The van der Waals surface area contributed by atoms with Gasteiger partial charge >= 0.3 is 0 Å². The molecule has 0 spiro atoms. The lowest BCUT2D eigenvalue weighted by Gasteiger charge is -2.34. The normalized spacial score (nSPS) is 28.4. The fourth-order valence-corrected chi connectivity index (χ4v) is 4.40. The lowest BCUT2D eigenvalue weighted by molar-refractivity contribution is 0.177. The Morgan fingerprint density at radius 1 is 1.30 bits per heavy atom. The number of nitrogens with one attached hydrogen (secondary N) is 1. The fraction of sp³-hybridized carbons (Fsp3) is 0.625. The van der Waals surface area contributed by atoms with Crippen molar-refractivity contribution in [3.8, 4) is 0 Å². The van der Waals surface area contributed by atoms with Gasteiger partial charge in [0.15, 0.2) is 0 Å². The van der Waals surface area contributed by atoms with Crippen LogP contribution in [0.2, 0.25) is 0 Å². The van der Waals surface area contributed by atoms with Gasteiger partial charge in [-0.05, 0) is 50.4 Å². The van der Waals surface area contributed by atoms with Crippen molar-refractivity contribution >= 4 is 15.9 Å². The minimum Gasteiger partial charge on any atom is -0.306 e. The van der Waals surface area contributed by atoms with Crippen LogP contribution in [-0.2, 0) is 0 Å². The van der Waals surface area contributed by atoms with Gasteiger partial charge in [-0.3, -0.25) is 4.90 Å². The van der Waals surface area contributed by atoms with Crippen LogP contribution in [0.5, 0.6) is 0 Å². The summed E-state index contributed by atoms with van der Waals surface area (Å²) in [4.78, 5) is 2.63. The molecule has 3 atom stereocenters. The first-order valence-electron chi connectivity index (χ1n) is 7.60. The number of piperidine rings is 1.